The molecule has 2 aliphatic heterocycles. The van der Waals surface area contributed by atoms with Gasteiger partial charge in [-0.15, -0.1) is 0 Å². The summed E-state index contributed by atoms with van der Waals surface area (Å²) < 4.78 is 15.9. The molecule has 3 aromatic rings. The molecule has 1 unspecified atom stereocenters. The molecular formula is C29H26N2O7. The number of esters is 1. The fraction of sp³-hybridized carbons (Fsp3) is 0.241. The molecule has 1 saturated heterocycles. The van der Waals surface area contributed by atoms with Crippen molar-refractivity contribution in [3.05, 3.63) is 89.0 Å². The van der Waals surface area contributed by atoms with Crippen LogP contribution < -0.4 is 14.4 Å². The van der Waals surface area contributed by atoms with E-state index in [1.807, 2.05) is 19.1 Å². The van der Waals surface area contributed by atoms with Gasteiger partial charge >= 0.3 is 5.97 Å². The van der Waals surface area contributed by atoms with Crippen molar-refractivity contribution in [2.45, 2.75) is 32.9 Å². The Labute approximate surface area is 219 Å². The number of carbonyl (C=O) groups is 4. The van der Waals surface area contributed by atoms with E-state index in [4.69, 9.17) is 14.2 Å². The van der Waals surface area contributed by atoms with Crippen LogP contribution >= 0.6 is 0 Å². The number of nitrogens with zero attached hydrogens (tertiary/aromatic N) is 2. The van der Waals surface area contributed by atoms with E-state index in [1.54, 1.807) is 37.3 Å². The lowest BCUT2D eigenvalue weighted by atomic mass is 10.0. The van der Waals surface area contributed by atoms with Crippen LogP contribution in [0.2, 0.25) is 0 Å². The van der Waals surface area contributed by atoms with Gasteiger partial charge in [-0.2, -0.15) is 0 Å². The SMILES string of the molecule is CCOC(=O)c1ccc(N2C(=O)CC(N(Cc3ccc4c(c3)OCO4)C(=O)c3ccccc3C)C2=O)cc1. The van der Waals surface area contributed by atoms with E-state index >= 15 is 0 Å². The minimum atomic E-state index is -1.01. The summed E-state index contributed by atoms with van der Waals surface area (Å²) in [7, 11) is 0. The second-order valence-electron chi connectivity index (χ2n) is 8.99. The van der Waals surface area contributed by atoms with Gasteiger partial charge in [0.05, 0.1) is 24.3 Å². The molecule has 2 aliphatic rings. The third-order valence-corrected chi connectivity index (χ3v) is 6.56. The summed E-state index contributed by atoms with van der Waals surface area (Å²) >= 11 is 0. The van der Waals surface area contributed by atoms with Gasteiger partial charge in [-0.3, -0.25) is 14.4 Å². The van der Waals surface area contributed by atoms with Gasteiger partial charge in [-0.1, -0.05) is 24.3 Å². The standard InChI is InChI=1S/C29H26N2O7/c1-3-36-29(35)20-9-11-21(12-10-20)31-26(32)15-23(28(31)34)30(27(33)22-7-5-4-6-18(22)2)16-19-8-13-24-25(14-19)38-17-37-24/h4-14,23H,3,15-17H2,1-2H3. The summed E-state index contributed by atoms with van der Waals surface area (Å²) in [5.74, 6) is -0.627. The van der Waals surface area contributed by atoms with Crippen molar-refractivity contribution in [3.8, 4) is 11.5 Å². The van der Waals surface area contributed by atoms with Crippen LogP contribution in [0, 0.1) is 6.92 Å². The first-order chi connectivity index (χ1) is 18.4. The minimum absolute atomic E-state index is 0.0864. The Morgan fingerprint density at radius 3 is 2.47 bits per heavy atom. The number of aryl methyl sites for hydroxylation is 1. The van der Waals surface area contributed by atoms with E-state index in [2.05, 4.69) is 0 Å². The molecule has 0 bridgehead atoms. The summed E-state index contributed by atoms with van der Waals surface area (Å²) in [5, 5.41) is 0. The van der Waals surface area contributed by atoms with Gasteiger partial charge in [0.25, 0.3) is 11.8 Å². The Bertz CT molecular complexity index is 1420. The molecule has 0 radical (unpaired) electrons. The Balaban J connectivity index is 1.46. The van der Waals surface area contributed by atoms with Crippen molar-refractivity contribution >= 4 is 29.4 Å². The van der Waals surface area contributed by atoms with Gasteiger partial charge in [0.15, 0.2) is 11.5 Å². The van der Waals surface area contributed by atoms with Crippen molar-refractivity contribution in [1.29, 1.82) is 0 Å². The first kappa shape index (κ1) is 25.0. The van der Waals surface area contributed by atoms with Gasteiger partial charge in [0.1, 0.15) is 6.04 Å². The van der Waals surface area contributed by atoms with Crippen molar-refractivity contribution in [1.82, 2.24) is 4.90 Å². The first-order valence-electron chi connectivity index (χ1n) is 12.3. The highest BCUT2D eigenvalue weighted by atomic mass is 16.7. The maximum atomic E-state index is 13.8. The van der Waals surface area contributed by atoms with Crippen molar-refractivity contribution in [2.75, 3.05) is 18.3 Å². The first-order valence-corrected chi connectivity index (χ1v) is 12.3. The maximum absolute atomic E-state index is 13.8. The largest absolute Gasteiger partial charge is 0.462 e. The van der Waals surface area contributed by atoms with Crippen LogP contribution in [0.3, 0.4) is 0 Å². The van der Waals surface area contributed by atoms with Crippen LogP contribution in [0.15, 0.2) is 66.7 Å². The highest BCUT2D eigenvalue weighted by Gasteiger charge is 2.44. The van der Waals surface area contributed by atoms with E-state index in [0.29, 0.717) is 28.3 Å². The molecule has 9 nitrogen and oxygen atoms in total. The lowest BCUT2D eigenvalue weighted by Crippen LogP contribution is -2.45. The van der Waals surface area contributed by atoms with Crippen LogP contribution in [0.1, 0.15) is 45.2 Å². The smallest absolute Gasteiger partial charge is 0.338 e. The lowest BCUT2D eigenvalue weighted by Gasteiger charge is -2.28. The summed E-state index contributed by atoms with van der Waals surface area (Å²) in [4.78, 5) is 55.1. The van der Waals surface area contributed by atoms with Crippen LogP contribution in [0.4, 0.5) is 5.69 Å². The number of fused-ring (bicyclic) bond motifs is 1. The number of rotatable bonds is 7. The molecule has 0 N–H and O–H groups in total. The summed E-state index contributed by atoms with van der Waals surface area (Å²) in [6, 6.07) is 17.5. The second-order valence-corrected chi connectivity index (χ2v) is 8.99. The van der Waals surface area contributed by atoms with Gasteiger partial charge in [0.2, 0.25) is 12.7 Å². The maximum Gasteiger partial charge on any atom is 0.338 e. The molecule has 5 rings (SSSR count). The van der Waals surface area contributed by atoms with Crippen LogP contribution in [-0.2, 0) is 20.9 Å². The number of imide groups is 1. The van der Waals surface area contributed by atoms with Crippen molar-refractivity contribution < 1.29 is 33.4 Å². The molecule has 0 aliphatic carbocycles. The third-order valence-electron chi connectivity index (χ3n) is 6.56. The molecule has 1 atom stereocenters. The van der Waals surface area contributed by atoms with Gasteiger partial charge in [0, 0.05) is 12.1 Å². The van der Waals surface area contributed by atoms with Crippen molar-refractivity contribution in [3.63, 3.8) is 0 Å². The molecule has 194 valence electrons. The molecule has 0 spiro atoms. The lowest BCUT2D eigenvalue weighted by molar-refractivity contribution is -0.122. The highest BCUT2D eigenvalue weighted by molar-refractivity contribution is 6.23. The van der Waals surface area contributed by atoms with Crippen LogP contribution in [-0.4, -0.2) is 48.0 Å². The predicted octanol–water partition coefficient (Wildman–Crippen LogP) is 3.87. The van der Waals surface area contributed by atoms with Crippen LogP contribution in [0.25, 0.3) is 0 Å². The fourth-order valence-corrected chi connectivity index (χ4v) is 4.62. The number of amides is 3. The van der Waals surface area contributed by atoms with E-state index in [-0.39, 0.29) is 32.3 Å². The number of hydrogen-bond acceptors (Lipinski definition) is 7. The monoisotopic (exact) mass is 514 g/mol. The fourth-order valence-electron chi connectivity index (χ4n) is 4.62. The third kappa shape index (κ3) is 4.70. The number of ether oxygens (including phenoxy) is 3. The zero-order valence-electron chi connectivity index (χ0n) is 21.0. The average Bonchev–Trinajstić information content (AvgIpc) is 3.50. The molecule has 38 heavy (non-hydrogen) atoms. The molecule has 2 heterocycles. The molecule has 3 aromatic carbocycles. The van der Waals surface area contributed by atoms with E-state index < -0.39 is 23.8 Å². The zero-order valence-corrected chi connectivity index (χ0v) is 21.0. The van der Waals surface area contributed by atoms with Gasteiger partial charge in [-0.25, -0.2) is 9.69 Å². The molecule has 3 amide bonds. The predicted molar refractivity (Wildman–Crippen MR) is 137 cm³/mol. The van der Waals surface area contributed by atoms with Crippen molar-refractivity contribution in [2.24, 2.45) is 0 Å². The minimum Gasteiger partial charge on any atom is -0.462 e. The van der Waals surface area contributed by atoms with E-state index in [9.17, 15) is 19.2 Å². The average molecular weight is 515 g/mol. The molecule has 0 saturated carbocycles. The van der Waals surface area contributed by atoms with Crippen LogP contribution in [0.5, 0.6) is 11.5 Å². The van der Waals surface area contributed by atoms with Gasteiger partial charge in [-0.05, 0) is 67.4 Å². The quantitative estimate of drug-likeness (QED) is 0.348. The summed E-state index contributed by atoms with van der Waals surface area (Å²) in [6.07, 6.45) is -0.166. The normalized spacial score (nSPS) is 16.1. The molecule has 9 heteroatoms. The Morgan fingerprint density at radius 1 is 1.00 bits per heavy atom. The Morgan fingerprint density at radius 2 is 1.74 bits per heavy atom. The number of anilines is 1. The number of hydrogen-bond donors (Lipinski definition) is 0. The molecular weight excluding hydrogens is 488 g/mol. The topological polar surface area (TPSA) is 102 Å². The molecule has 1 fully saturated rings. The Kier molecular flexibility index (Phi) is 6.83. The number of carbonyl (C=O) groups excluding carboxylic acids is 4. The highest BCUT2D eigenvalue weighted by Crippen LogP contribution is 2.34. The van der Waals surface area contributed by atoms with E-state index in [0.717, 1.165) is 16.0 Å². The summed E-state index contributed by atoms with van der Waals surface area (Å²) in [6.45, 7) is 3.97. The van der Waals surface area contributed by atoms with Gasteiger partial charge < -0.3 is 19.1 Å². The van der Waals surface area contributed by atoms with E-state index in [1.165, 1.54) is 29.2 Å². The Hall–Kier alpha value is -4.66. The number of benzene rings is 3. The second kappa shape index (κ2) is 10.4. The molecule has 0 aromatic heterocycles. The summed E-state index contributed by atoms with van der Waals surface area (Å²) in [5.41, 5.74) is 2.57. The zero-order chi connectivity index (χ0) is 26.8.